The third-order valence-electron chi connectivity index (χ3n) is 13.0. The van der Waals surface area contributed by atoms with Crippen LogP contribution in [0.25, 0.3) is 0 Å². The van der Waals surface area contributed by atoms with Gasteiger partial charge in [-0.1, -0.05) is 55.8 Å². The molecule has 2 aromatic heterocycles. The molecule has 3 aromatic carbocycles. The molecule has 10 heteroatoms. The van der Waals surface area contributed by atoms with Crippen LogP contribution in [0.1, 0.15) is 98.4 Å². The van der Waals surface area contributed by atoms with E-state index in [1.54, 1.807) is 25.4 Å². The van der Waals surface area contributed by atoms with Crippen LogP contribution in [0.2, 0.25) is 5.02 Å². The summed E-state index contributed by atoms with van der Waals surface area (Å²) in [6.45, 7) is 6.14. The highest BCUT2D eigenvalue weighted by molar-refractivity contribution is 6.30. The number of hydrogen-bond acceptors (Lipinski definition) is 7. The summed E-state index contributed by atoms with van der Waals surface area (Å²) in [7, 11) is 1.68. The van der Waals surface area contributed by atoms with Crippen molar-refractivity contribution in [3.8, 4) is 17.2 Å². The number of carbonyl (C=O) groups is 1. The lowest BCUT2D eigenvalue weighted by atomic mass is 9.59. The first-order valence-electron chi connectivity index (χ1n) is 20.4. The van der Waals surface area contributed by atoms with Crippen molar-refractivity contribution in [3.63, 3.8) is 0 Å². The van der Waals surface area contributed by atoms with E-state index in [9.17, 15) is 9.90 Å². The number of benzene rings is 3. The van der Waals surface area contributed by atoms with Gasteiger partial charge in [-0.2, -0.15) is 5.10 Å². The number of carboxylic acid groups (broad SMARTS) is 1. The Morgan fingerprint density at radius 1 is 1.00 bits per heavy atom. The standard InChI is InChI=1S/C47H53ClN4O5/c1-31(29-57-43-17-22-49-41-12-6-8-32(2)44(41)43)24-35-25-33-14-15-39(56-30-38-16-23-50-52(38)28-34-9-4-5-13-42(34)55-3)27-40(33)46(35)18-20-47(21-19-46,45(53)54)51-37-11-7-10-36(48)26-37/h4-5,7,9-11,13-17,22-23,26-27,31-32,35,51H,6,8,12,18-21,24-25,28-30H2,1-3H3,(H,53,54)/t31-,32-,35?,46?,47?/m1/s1. The number of pyridine rings is 1. The fourth-order valence-corrected chi connectivity index (χ4v) is 10.1. The van der Waals surface area contributed by atoms with Gasteiger partial charge in [-0.3, -0.25) is 9.67 Å². The van der Waals surface area contributed by atoms with Crippen molar-refractivity contribution in [1.29, 1.82) is 0 Å². The Morgan fingerprint density at radius 3 is 2.65 bits per heavy atom. The fraction of sp³-hybridized carbons (Fsp3) is 0.426. The Bertz CT molecular complexity index is 2210. The summed E-state index contributed by atoms with van der Waals surface area (Å²) in [5.74, 6) is 2.84. The monoisotopic (exact) mass is 788 g/mol. The molecule has 3 aliphatic rings. The summed E-state index contributed by atoms with van der Waals surface area (Å²) in [5, 5.41) is 19.3. The van der Waals surface area contributed by atoms with E-state index in [1.807, 2.05) is 53.3 Å². The third-order valence-corrected chi connectivity index (χ3v) is 13.2. The third kappa shape index (κ3) is 7.96. The minimum atomic E-state index is -1.09. The van der Waals surface area contributed by atoms with Crippen molar-refractivity contribution in [2.45, 2.75) is 102 Å². The second-order valence-electron chi connectivity index (χ2n) is 16.6. The lowest BCUT2D eigenvalue weighted by molar-refractivity contribution is -0.144. The normalized spacial score (nSPS) is 23.0. The van der Waals surface area contributed by atoms with Gasteiger partial charge in [0, 0.05) is 39.9 Å². The predicted octanol–water partition coefficient (Wildman–Crippen LogP) is 10.0. The zero-order valence-electron chi connectivity index (χ0n) is 33.2. The van der Waals surface area contributed by atoms with E-state index in [0.29, 0.717) is 55.4 Å². The molecule has 2 N–H and O–H groups in total. The first kappa shape index (κ1) is 38.8. The van der Waals surface area contributed by atoms with Gasteiger partial charge in [0.05, 0.1) is 26.0 Å². The maximum atomic E-state index is 13.1. The van der Waals surface area contributed by atoms with Crippen LogP contribution in [-0.2, 0) is 36.2 Å². The maximum absolute atomic E-state index is 13.1. The number of methoxy groups -OCH3 is 1. The van der Waals surface area contributed by atoms with Gasteiger partial charge < -0.3 is 24.6 Å². The molecule has 1 fully saturated rings. The van der Waals surface area contributed by atoms with Crippen LogP contribution in [0.4, 0.5) is 5.69 Å². The van der Waals surface area contributed by atoms with Crippen molar-refractivity contribution < 1.29 is 24.1 Å². The van der Waals surface area contributed by atoms with Crippen molar-refractivity contribution in [3.05, 3.63) is 130 Å². The average Bonchev–Trinajstić information content (AvgIpc) is 3.78. The van der Waals surface area contributed by atoms with Gasteiger partial charge in [0.2, 0.25) is 0 Å². The van der Waals surface area contributed by atoms with Gasteiger partial charge in [-0.05, 0) is 141 Å². The van der Waals surface area contributed by atoms with Crippen LogP contribution in [0.3, 0.4) is 0 Å². The zero-order valence-corrected chi connectivity index (χ0v) is 33.9. The molecule has 0 saturated heterocycles. The second-order valence-corrected chi connectivity index (χ2v) is 17.0. The lowest BCUT2D eigenvalue weighted by Crippen LogP contribution is -2.53. The minimum absolute atomic E-state index is 0.200. The van der Waals surface area contributed by atoms with Gasteiger partial charge in [0.25, 0.3) is 0 Å². The van der Waals surface area contributed by atoms with E-state index in [0.717, 1.165) is 72.7 Å². The first-order chi connectivity index (χ1) is 27.7. The molecule has 0 amide bonds. The number of nitrogens with zero attached hydrogens (tertiary/aromatic N) is 3. The lowest BCUT2D eigenvalue weighted by Gasteiger charge is -2.47. The fourth-order valence-electron chi connectivity index (χ4n) is 9.94. The molecule has 9 nitrogen and oxygen atoms in total. The Balaban J connectivity index is 1.03. The number of halogens is 1. The first-order valence-corrected chi connectivity index (χ1v) is 20.8. The van der Waals surface area contributed by atoms with Gasteiger partial charge in [-0.25, -0.2) is 4.79 Å². The number of aryl methyl sites for hydroxylation is 1. The highest BCUT2D eigenvalue weighted by atomic mass is 35.5. The van der Waals surface area contributed by atoms with Gasteiger partial charge in [0.1, 0.15) is 29.4 Å². The van der Waals surface area contributed by atoms with E-state index in [1.165, 1.54) is 28.8 Å². The van der Waals surface area contributed by atoms with Gasteiger partial charge in [-0.15, -0.1) is 0 Å². The van der Waals surface area contributed by atoms with Crippen LogP contribution >= 0.6 is 11.6 Å². The maximum Gasteiger partial charge on any atom is 0.329 e. The summed E-state index contributed by atoms with van der Waals surface area (Å²) < 4.78 is 20.7. The van der Waals surface area contributed by atoms with Crippen molar-refractivity contribution in [1.82, 2.24) is 14.8 Å². The predicted molar refractivity (Wildman–Crippen MR) is 223 cm³/mol. The van der Waals surface area contributed by atoms with Crippen LogP contribution in [0.15, 0.2) is 91.3 Å². The molecule has 298 valence electrons. The molecule has 57 heavy (non-hydrogen) atoms. The molecule has 5 aromatic rings. The highest BCUT2D eigenvalue weighted by Crippen LogP contribution is 2.57. The molecule has 0 bridgehead atoms. The number of anilines is 1. The number of ether oxygens (including phenoxy) is 3. The molecule has 0 aliphatic heterocycles. The van der Waals surface area contributed by atoms with Crippen LogP contribution < -0.4 is 19.5 Å². The summed E-state index contributed by atoms with van der Waals surface area (Å²) in [6.07, 6.45) is 11.4. The summed E-state index contributed by atoms with van der Waals surface area (Å²) in [6, 6.07) is 25.9. The summed E-state index contributed by atoms with van der Waals surface area (Å²) >= 11 is 6.32. The van der Waals surface area contributed by atoms with E-state index in [-0.39, 0.29) is 5.41 Å². The van der Waals surface area contributed by atoms with E-state index in [2.05, 4.69) is 53.5 Å². The Kier molecular flexibility index (Phi) is 11.2. The van der Waals surface area contributed by atoms with E-state index in [4.69, 9.17) is 25.8 Å². The zero-order chi connectivity index (χ0) is 39.6. The van der Waals surface area contributed by atoms with Gasteiger partial charge in [0.15, 0.2) is 0 Å². The van der Waals surface area contributed by atoms with Gasteiger partial charge >= 0.3 is 5.97 Å². The minimum Gasteiger partial charge on any atom is -0.496 e. The number of hydrogen-bond donors (Lipinski definition) is 2. The van der Waals surface area contributed by atoms with Crippen molar-refractivity contribution in [2.24, 2.45) is 11.8 Å². The largest absolute Gasteiger partial charge is 0.496 e. The summed E-state index contributed by atoms with van der Waals surface area (Å²) in [5.41, 5.74) is 6.51. The number of fused-ring (bicyclic) bond motifs is 3. The number of nitrogens with one attached hydrogen (secondary N) is 1. The molecule has 1 unspecified atom stereocenters. The number of para-hydroxylation sites is 1. The Hall–Kier alpha value is -5.02. The smallest absolute Gasteiger partial charge is 0.329 e. The topological polar surface area (TPSA) is 108 Å². The van der Waals surface area contributed by atoms with E-state index >= 15 is 0 Å². The molecule has 3 aliphatic carbocycles. The Labute approximate surface area is 340 Å². The highest BCUT2D eigenvalue weighted by Gasteiger charge is 2.54. The number of aromatic nitrogens is 3. The number of rotatable bonds is 14. The van der Waals surface area contributed by atoms with Crippen LogP contribution in [-0.4, -0.2) is 45.1 Å². The average molecular weight is 789 g/mol. The van der Waals surface area contributed by atoms with Crippen LogP contribution in [0.5, 0.6) is 17.2 Å². The molecule has 2 heterocycles. The molecule has 8 rings (SSSR count). The van der Waals surface area contributed by atoms with Crippen LogP contribution in [0, 0.1) is 11.8 Å². The molecule has 1 spiro atoms. The van der Waals surface area contributed by atoms with E-state index < -0.39 is 11.5 Å². The SMILES string of the molecule is COc1ccccc1Cn1nccc1COc1ccc2c(c1)C1(CCC(Nc3cccc(Cl)c3)(C(=O)O)CC1)C(C[C@@H](C)COc1ccnc3c1[C@H](C)CCC3)C2. The molecule has 3 atom stereocenters. The quantitative estimate of drug-likeness (QED) is 0.115. The van der Waals surface area contributed by atoms with Crippen molar-refractivity contribution in [2.75, 3.05) is 19.0 Å². The molecule has 1 saturated carbocycles. The molecular weight excluding hydrogens is 736 g/mol. The Morgan fingerprint density at radius 2 is 1.84 bits per heavy atom. The van der Waals surface area contributed by atoms with Crippen molar-refractivity contribution >= 4 is 23.3 Å². The summed E-state index contributed by atoms with van der Waals surface area (Å²) in [4.78, 5) is 17.8. The molecule has 0 radical (unpaired) electrons. The second kappa shape index (κ2) is 16.5. The number of aliphatic carboxylic acids is 1. The number of carboxylic acids is 1. The molecular formula is C47H53ClN4O5.